The van der Waals surface area contributed by atoms with Crippen LogP contribution in [0.1, 0.15) is 35.2 Å². The zero-order chi connectivity index (χ0) is 17.4. The summed E-state index contributed by atoms with van der Waals surface area (Å²) in [5.41, 5.74) is 3.70. The van der Waals surface area contributed by atoms with Gasteiger partial charge < -0.3 is 10.2 Å². The molecule has 24 heavy (non-hydrogen) atoms. The predicted octanol–water partition coefficient (Wildman–Crippen LogP) is 3.79. The molecule has 0 aliphatic carbocycles. The van der Waals surface area contributed by atoms with Crippen LogP contribution < -0.4 is 5.32 Å². The van der Waals surface area contributed by atoms with Crippen LogP contribution in [-0.4, -0.2) is 36.0 Å². The minimum atomic E-state index is 0.819. The molecule has 5 heteroatoms. The van der Waals surface area contributed by atoms with E-state index in [2.05, 4.69) is 65.7 Å². The zero-order valence-electron chi connectivity index (χ0n) is 15.2. The molecule has 0 radical (unpaired) electrons. The zero-order valence-corrected chi connectivity index (χ0v) is 16.0. The molecule has 4 nitrogen and oxygen atoms in total. The molecule has 0 spiro atoms. The Balaban J connectivity index is 1.87. The van der Waals surface area contributed by atoms with Gasteiger partial charge in [-0.15, -0.1) is 11.3 Å². The fourth-order valence-corrected chi connectivity index (χ4v) is 3.26. The van der Waals surface area contributed by atoms with Gasteiger partial charge in [-0.2, -0.15) is 0 Å². The summed E-state index contributed by atoms with van der Waals surface area (Å²) in [5.74, 6) is 0.966. The molecule has 0 saturated carbocycles. The maximum atomic E-state index is 4.76. The Hall–Kier alpha value is -1.88. The normalized spacial score (nSPS) is 11.6. The van der Waals surface area contributed by atoms with E-state index in [0.29, 0.717) is 0 Å². The van der Waals surface area contributed by atoms with E-state index < -0.39 is 0 Å². The van der Waals surface area contributed by atoms with E-state index in [1.807, 2.05) is 6.92 Å². The molecule has 2 rings (SSSR count). The molecule has 0 unspecified atom stereocenters. The highest BCUT2D eigenvalue weighted by atomic mass is 32.1. The van der Waals surface area contributed by atoms with Crippen LogP contribution in [0.25, 0.3) is 0 Å². The number of thiazole rings is 1. The van der Waals surface area contributed by atoms with Gasteiger partial charge in [0.2, 0.25) is 0 Å². The van der Waals surface area contributed by atoms with E-state index in [1.165, 1.54) is 16.1 Å². The van der Waals surface area contributed by atoms with Gasteiger partial charge in [-0.3, -0.25) is 4.99 Å². The number of rotatable bonds is 7. The Bertz CT molecular complexity index is 646. The lowest BCUT2D eigenvalue weighted by Gasteiger charge is -2.22. The molecule has 0 aliphatic rings. The van der Waals surface area contributed by atoms with Gasteiger partial charge in [-0.25, -0.2) is 4.98 Å². The fourth-order valence-electron chi connectivity index (χ4n) is 2.44. The Morgan fingerprint density at radius 2 is 2.00 bits per heavy atom. The molecular weight excluding hydrogens is 316 g/mol. The van der Waals surface area contributed by atoms with Crippen LogP contribution >= 0.6 is 11.3 Å². The van der Waals surface area contributed by atoms with E-state index in [-0.39, 0.29) is 0 Å². The Labute approximate surface area is 149 Å². The summed E-state index contributed by atoms with van der Waals surface area (Å²) in [6.07, 6.45) is 2.03. The number of aryl methyl sites for hydroxylation is 3. The molecule has 130 valence electrons. The summed E-state index contributed by atoms with van der Waals surface area (Å²) in [4.78, 5) is 11.4. The summed E-state index contributed by atoms with van der Waals surface area (Å²) >= 11 is 1.74. The number of nitrogens with zero attached hydrogens (tertiary/aromatic N) is 3. The number of hydrogen-bond acceptors (Lipinski definition) is 3. The van der Waals surface area contributed by atoms with Crippen LogP contribution in [0.15, 0.2) is 34.6 Å². The standard InChI is InChI=1S/C19H28N4S/c1-5-20-19(21-12-6-7-18-22-16(3)14-24-18)23(4)13-17-10-8-15(2)9-11-17/h8-11,14H,5-7,12-13H2,1-4H3,(H,20,21). The van der Waals surface area contributed by atoms with Gasteiger partial charge in [-0.05, 0) is 32.8 Å². The third-order valence-corrected chi connectivity index (χ3v) is 4.74. The lowest BCUT2D eigenvalue weighted by molar-refractivity contribution is 0.476. The molecule has 0 saturated heterocycles. The predicted molar refractivity (Wildman–Crippen MR) is 104 cm³/mol. The second kappa shape index (κ2) is 9.42. The first-order chi connectivity index (χ1) is 11.6. The Morgan fingerprint density at radius 3 is 2.62 bits per heavy atom. The Morgan fingerprint density at radius 1 is 1.25 bits per heavy atom. The molecule has 0 atom stereocenters. The van der Waals surface area contributed by atoms with Crippen molar-refractivity contribution in [3.63, 3.8) is 0 Å². The molecule has 1 N–H and O–H groups in total. The van der Waals surface area contributed by atoms with Gasteiger partial charge >= 0.3 is 0 Å². The first kappa shape index (κ1) is 18.5. The molecule has 2 aromatic rings. The van der Waals surface area contributed by atoms with Gasteiger partial charge in [0.05, 0.1) is 5.01 Å². The minimum absolute atomic E-state index is 0.819. The average Bonchev–Trinajstić information content (AvgIpc) is 2.98. The van der Waals surface area contributed by atoms with Gasteiger partial charge in [0.1, 0.15) is 0 Å². The van der Waals surface area contributed by atoms with Crippen molar-refractivity contribution in [2.24, 2.45) is 4.99 Å². The van der Waals surface area contributed by atoms with E-state index in [9.17, 15) is 0 Å². The van der Waals surface area contributed by atoms with Crippen molar-refractivity contribution in [1.82, 2.24) is 15.2 Å². The highest BCUT2D eigenvalue weighted by molar-refractivity contribution is 7.09. The number of guanidine groups is 1. The summed E-state index contributed by atoms with van der Waals surface area (Å²) in [6, 6.07) is 8.67. The smallest absolute Gasteiger partial charge is 0.193 e. The van der Waals surface area contributed by atoms with Crippen LogP contribution in [0, 0.1) is 13.8 Å². The molecule has 0 amide bonds. The monoisotopic (exact) mass is 344 g/mol. The highest BCUT2D eigenvalue weighted by Gasteiger charge is 2.06. The minimum Gasteiger partial charge on any atom is -0.357 e. The first-order valence-electron chi connectivity index (χ1n) is 8.54. The molecule has 0 fully saturated rings. The lowest BCUT2D eigenvalue weighted by Crippen LogP contribution is -2.38. The molecule has 1 aromatic heterocycles. The van der Waals surface area contributed by atoms with Crippen molar-refractivity contribution in [2.75, 3.05) is 20.1 Å². The lowest BCUT2D eigenvalue weighted by atomic mass is 10.1. The van der Waals surface area contributed by atoms with E-state index in [0.717, 1.165) is 44.1 Å². The maximum Gasteiger partial charge on any atom is 0.193 e. The number of benzene rings is 1. The fraction of sp³-hybridized carbons (Fsp3) is 0.474. The molecular formula is C19H28N4S. The summed E-state index contributed by atoms with van der Waals surface area (Å²) < 4.78 is 0. The second-order valence-corrected chi connectivity index (χ2v) is 7.01. The third kappa shape index (κ3) is 5.96. The second-order valence-electron chi connectivity index (χ2n) is 6.06. The average molecular weight is 345 g/mol. The van der Waals surface area contributed by atoms with Crippen LogP contribution in [0.3, 0.4) is 0 Å². The number of hydrogen-bond donors (Lipinski definition) is 1. The quantitative estimate of drug-likeness (QED) is 0.472. The van der Waals surface area contributed by atoms with Crippen molar-refractivity contribution in [2.45, 2.75) is 40.2 Å². The largest absolute Gasteiger partial charge is 0.357 e. The maximum absolute atomic E-state index is 4.76. The molecule has 0 bridgehead atoms. The van der Waals surface area contributed by atoms with Crippen LogP contribution in [0.4, 0.5) is 0 Å². The van der Waals surface area contributed by atoms with E-state index in [4.69, 9.17) is 4.99 Å². The van der Waals surface area contributed by atoms with Crippen molar-refractivity contribution in [1.29, 1.82) is 0 Å². The van der Waals surface area contributed by atoms with Crippen molar-refractivity contribution >= 4 is 17.3 Å². The van der Waals surface area contributed by atoms with Crippen LogP contribution in [0.5, 0.6) is 0 Å². The van der Waals surface area contributed by atoms with Gasteiger partial charge in [0.25, 0.3) is 0 Å². The topological polar surface area (TPSA) is 40.5 Å². The summed E-state index contributed by atoms with van der Waals surface area (Å²) in [7, 11) is 2.09. The molecule has 1 heterocycles. The SMILES string of the molecule is CCNC(=NCCCc1nc(C)cs1)N(C)Cc1ccc(C)cc1. The Kier molecular flexibility index (Phi) is 7.25. The molecule has 0 aliphatic heterocycles. The van der Waals surface area contributed by atoms with E-state index in [1.54, 1.807) is 11.3 Å². The van der Waals surface area contributed by atoms with Gasteiger partial charge in [0.15, 0.2) is 5.96 Å². The highest BCUT2D eigenvalue weighted by Crippen LogP contribution is 2.11. The van der Waals surface area contributed by atoms with Crippen LogP contribution in [0.2, 0.25) is 0 Å². The number of aliphatic imine (C=N–C) groups is 1. The number of aromatic nitrogens is 1. The van der Waals surface area contributed by atoms with Crippen molar-refractivity contribution in [3.05, 3.63) is 51.5 Å². The first-order valence-corrected chi connectivity index (χ1v) is 9.42. The van der Waals surface area contributed by atoms with Gasteiger partial charge in [-0.1, -0.05) is 29.8 Å². The van der Waals surface area contributed by atoms with Crippen molar-refractivity contribution in [3.8, 4) is 0 Å². The van der Waals surface area contributed by atoms with E-state index >= 15 is 0 Å². The van der Waals surface area contributed by atoms with Crippen molar-refractivity contribution < 1.29 is 0 Å². The third-order valence-electron chi connectivity index (χ3n) is 3.71. The molecule has 1 aromatic carbocycles. The van der Waals surface area contributed by atoms with Gasteiger partial charge in [0, 0.05) is 44.2 Å². The summed E-state index contributed by atoms with van der Waals surface area (Å²) in [6.45, 7) is 8.82. The van der Waals surface area contributed by atoms with Crippen LogP contribution in [-0.2, 0) is 13.0 Å². The number of nitrogens with one attached hydrogen (secondary N) is 1. The summed E-state index contributed by atoms with van der Waals surface area (Å²) in [5, 5.41) is 6.70.